The van der Waals surface area contributed by atoms with Crippen molar-refractivity contribution in [1.82, 2.24) is 0 Å². The molecule has 0 aromatic carbocycles. The average Bonchev–Trinajstić information content (AvgIpc) is 2.06. The Kier molecular flexibility index (Phi) is 7.65. The molecule has 3 heteroatoms. The van der Waals surface area contributed by atoms with E-state index in [9.17, 15) is 0 Å². The van der Waals surface area contributed by atoms with Crippen LogP contribution >= 0.6 is 48.0 Å². The van der Waals surface area contributed by atoms with Gasteiger partial charge in [0.2, 0.25) is 0 Å². The number of hydrogen-bond acceptors (Lipinski definition) is 0. The van der Waals surface area contributed by atoms with Gasteiger partial charge in [0.15, 0.2) is 0 Å². The predicted molar refractivity (Wildman–Crippen MR) is 75.7 cm³/mol. The summed E-state index contributed by atoms with van der Waals surface area (Å²) < 4.78 is 1.67. The van der Waals surface area contributed by atoms with E-state index in [2.05, 4.69) is 34.6 Å². The Bertz CT molecular complexity index is 236. The van der Waals surface area contributed by atoms with Gasteiger partial charge in [0.05, 0.1) is 0 Å². The van der Waals surface area contributed by atoms with Crippen molar-refractivity contribution in [3.63, 3.8) is 0 Å². The van der Waals surface area contributed by atoms with Crippen LogP contribution in [0.5, 0.6) is 0 Å². The molecule has 0 atom stereocenters. The maximum absolute atomic E-state index is 2.34. The summed E-state index contributed by atoms with van der Waals surface area (Å²) >= 11 is 1.21. The molecule has 0 unspecified atom stereocenters. The molecule has 0 aromatic rings. The molecule has 0 amide bonds. The molecule has 0 nitrogen and oxygen atoms in total. The standard InChI is InChI=1S/C10H15.Hf.2HI/c1-7-6-10(4,5)9(3)8(7)2;;;/h1-5H3;;2*1H. The van der Waals surface area contributed by atoms with Gasteiger partial charge < -0.3 is 0 Å². The van der Waals surface area contributed by atoms with E-state index in [0.29, 0.717) is 5.41 Å². The van der Waals surface area contributed by atoms with Crippen molar-refractivity contribution >= 4 is 48.0 Å². The zero-order chi connectivity index (χ0) is 8.81. The van der Waals surface area contributed by atoms with Gasteiger partial charge in [-0.05, 0) is 0 Å². The van der Waals surface area contributed by atoms with E-state index in [1.165, 1.54) is 29.9 Å². The van der Waals surface area contributed by atoms with E-state index < -0.39 is 0 Å². The van der Waals surface area contributed by atoms with Crippen molar-refractivity contribution in [3.05, 3.63) is 20.0 Å². The summed E-state index contributed by atoms with van der Waals surface area (Å²) in [5.74, 6) is 0. The summed E-state index contributed by atoms with van der Waals surface area (Å²) in [5.41, 5.74) is 5.03. The quantitative estimate of drug-likeness (QED) is 0.300. The monoisotopic (exact) mass is 571 g/mol. The van der Waals surface area contributed by atoms with Gasteiger partial charge >= 0.3 is 84.5 Å². The number of hydrogen-bond donors (Lipinski definition) is 0. The van der Waals surface area contributed by atoms with Gasteiger partial charge in [-0.2, -0.15) is 0 Å². The topological polar surface area (TPSA) is 0 Å². The zero-order valence-electron chi connectivity index (χ0n) is 8.82. The summed E-state index contributed by atoms with van der Waals surface area (Å²) in [6.45, 7) is 11.5. The summed E-state index contributed by atoms with van der Waals surface area (Å²) in [6, 6.07) is 0. The minimum absolute atomic E-state index is 0. The van der Waals surface area contributed by atoms with E-state index in [4.69, 9.17) is 0 Å². The fourth-order valence-electron chi connectivity index (χ4n) is 1.59. The molecule has 13 heavy (non-hydrogen) atoms. The first kappa shape index (κ1) is 17.2. The molecule has 0 aliphatic heterocycles. The van der Waals surface area contributed by atoms with Crippen molar-refractivity contribution in [2.75, 3.05) is 0 Å². The second kappa shape index (κ2) is 5.77. The Morgan fingerprint density at radius 2 is 1.31 bits per heavy atom. The molecule has 1 aliphatic rings. The molecule has 0 saturated heterocycles. The van der Waals surface area contributed by atoms with Crippen LogP contribution in [0.3, 0.4) is 0 Å². The number of rotatable bonds is 0. The molecule has 0 aromatic heterocycles. The molecule has 0 N–H and O–H groups in total. The van der Waals surface area contributed by atoms with Crippen LogP contribution < -0.4 is 0 Å². The van der Waals surface area contributed by atoms with Gasteiger partial charge in [-0.15, -0.1) is 48.0 Å². The molecule has 0 spiro atoms. The van der Waals surface area contributed by atoms with Gasteiger partial charge in [-0.3, -0.25) is 0 Å². The molecule has 0 radical (unpaired) electrons. The summed E-state index contributed by atoms with van der Waals surface area (Å²) in [6.07, 6.45) is 0. The molecule has 75 valence electrons. The van der Waals surface area contributed by atoms with Crippen LogP contribution in [0.25, 0.3) is 0 Å². The van der Waals surface area contributed by atoms with Crippen LogP contribution in [0.2, 0.25) is 0 Å². The fourth-order valence-corrected chi connectivity index (χ4v) is 2.94. The average molecular weight is 570 g/mol. The number of halogens is 2. The normalized spacial score (nSPS) is 19.7. The second-order valence-corrected chi connectivity index (χ2v) is 5.67. The molecule has 0 saturated carbocycles. The van der Waals surface area contributed by atoms with Crippen molar-refractivity contribution in [2.24, 2.45) is 5.41 Å². The van der Waals surface area contributed by atoms with Crippen LogP contribution in [-0.2, 0) is 24.4 Å². The van der Waals surface area contributed by atoms with Gasteiger partial charge in [0.25, 0.3) is 0 Å². The van der Waals surface area contributed by atoms with Crippen LogP contribution in [0.4, 0.5) is 0 Å². The Labute approximate surface area is 131 Å². The van der Waals surface area contributed by atoms with Crippen LogP contribution in [0.15, 0.2) is 20.0 Å². The Hall–Kier alpha value is 1.81. The summed E-state index contributed by atoms with van der Waals surface area (Å²) in [5, 5.41) is 0. The zero-order valence-corrected chi connectivity index (χ0v) is 17.1. The Balaban J connectivity index is 0. The van der Waals surface area contributed by atoms with Gasteiger partial charge in [-0.1, -0.05) is 0 Å². The molecule has 0 heterocycles. The maximum atomic E-state index is 2.34. The molecular weight excluding hydrogens is 552 g/mol. The molecule has 0 fully saturated rings. The predicted octanol–water partition coefficient (Wildman–Crippen LogP) is 4.42. The smallest absolute Gasteiger partial charge is 0.107 e. The maximum Gasteiger partial charge on any atom is -0.107 e. The van der Waals surface area contributed by atoms with Crippen LogP contribution in [-0.4, -0.2) is 0 Å². The van der Waals surface area contributed by atoms with E-state index in [1.807, 2.05) is 0 Å². The van der Waals surface area contributed by atoms with E-state index in [0.717, 1.165) is 0 Å². The van der Waals surface area contributed by atoms with Crippen molar-refractivity contribution in [3.8, 4) is 0 Å². The third kappa shape index (κ3) is 2.89. The van der Waals surface area contributed by atoms with E-state index >= 15 is 0 Å². The third-order valence-corrected chi connectivity index (χ3v) is 6.66. The van der Waals surface area contributed by atoms with E-state index in [1.54, 1.807) is 14.5 Å². The minimum Gasteiger partial charge on any atom is -0.107 e. The van der Waals surface area contributed by atoms with E-state index in [-0.39, 0.29) is 48.0 Å². The van der Waals surface area contributed by atoms with Gasteiger partial charge in [-0.25, -0.2) is 0 Å². The first-order valence-electron chi connectivity index (χ1n) is 4.00. The Morgan fingerprint density at radius 1 is 0.923 bits per heavy atom. The first-order valence-corrected chi connectivity index (χ1v) is 5.80. The van der Waals surface area contributed by atoms with Crippen molar-refractivity contribution < 1.29 is 24.4 Å². The molecule has 1 rings (SSSR count). The van der Waals surface area contributed by atoms with Gasteiger partial charge in [0.1, 0.15) is 0 Å². The summed E-state index contributed by atoms with van der Waals surface area (Å²) in [7, 11) is 0. The first-order chi connectivity index (χ1) is 4.89. The third-order valence-electron chi connectivity index (χ3n) is 3.06. The van der Waals surface area contributed by atoms with Crippen LogP contribution in [0, 0.1) is 5.41 Å². The number of allylic oxidation sites excluding steroid dienone is 4. The fraction of sp³-hybridized carbons (Fsp3) is 0.600. The summed E-state index contributed by atoms with van der Waals surface area (Å²) in [4.78, 5) is 0. The molecule has 0 bridgehead atoms. The van der Waals surface area contributed by atoms with Crippen molar-refractivity contribution in [2.45, 2.75) is 34.6 Å². The molecule has 1 aliphatic carbocycles. The Morgan fingerprint density at radius 3 is 1.38 bits per heavy atom. The van der Waals surface area contributed by atoms with Crippen molar-refractivity contribution in [1.29, 1.82) is 0 Å². The SMILES string of the molecule is CC1=C(C)C(C)(C)[C]([Hf])=C1C.I.I. The minimum atomic E-state index is 0. The van der Waals surface area contributed by atoms with Gasteiger partial charge in [0, 0.05) is 0 Å². The molecular formula is C10H17HfI2. The largest absolute Gasteiger partial charge is 0.107 e. The second-order valence-electron chi connectivity index (χ2n) is 3.88. The van der Waals surface area contributed by atoms with Crippen LogP contribution in [0.1, 0.15) is 34.6 Å².